The first-order chi connectivity index (χ1) is 8.99. The Balaban J connectivity index is 2.28. The van der Waals surface area contributed by atoms with Crippen molar-refractivity contribution in [3.63, 3.8) is 0 Å². The third kappa shape index (κ3) is 2.90. The highest BCUT2D eigenvalue weighted by atomic mass is 19.1. The van der Waals surface area contributed by atoms with Crippen molar-refractivity contribution in [1.82, 2.24) is 0 Å². The van der Waals surface area contributed by atoms with Crippen LogP contribution in [-0.2, 0) is 6.42 Å². The molecule has 0 unspecified atom stereocenters. The van der Waals surface area contributed by atoms with Crippen LogP contribution < -0.4 is 0 Å². The molecule has 2 rings (SSSR count). The Bertz CT molecular complexity index is 629. The molecule has 0 fully saturated rings. The van der Waals surface area contributed by atoms with Gasteiger partial charge in [-0.2, -0.15) is 0 Å². The van der Waals surface area contributed by atoms with Gasteiger partial charge in [0.25, 0.3) is 0 Å². The highest BCUT2D eigenvalue weighted by molar-refractivity contribution is 5.99. The lowest BCUT2D eigenvalue weighted by atomic mass is 9.95. The summed E-state index contributed by atoms with van der Waals surface area (Å²) in [5.41, 5.74) is 4.59. The third-order valence-corrected chi connectivity index (χ3v) is 3.56. The number of Topliss-reactive ketones (excluding diaryl/α,β-unsaturated/α-hetero) is 1. The highest BCUT2D eigenvalue weighted by Gasteiger charge is 2.12. The van der Waals surface area contributed by atoms with Gasteiger partial charge in [-0.25, -0.2) is 4.39 Å². The largest absolute Gasteiger partial charge is 0.294 e. The number of carbonyl (C=O) groups excluding carboxylic acids is 1. The molecule has 0 N–H and O–H groups in total. The summed E-state index contributed by atoms with van der Waals surface area (Å²) in [4.78, 5) is 12.3. The zero-order valence-electron chi connectivity index (χ0n) is 11.5. The molecule has 0 saturated heterocycles. The monoisotopic (exact) mass is 256 g/mol. The van der Waals surface area contributed by atoms with Gasteiger partial charge < -0.3 is 0 Å². The number of rotatable bonds is 3. The number of hydrogen-bond donors (Lipinski definition) is 0. The van der Waals surface area contributed by atoms with Gasteiger partial charge in [0.05, 0.1) is 0 Å². The van der Waals surface area contributed by atoms with Crippen molar-refractivity contribution in [2.24, 2.45) is 0 Å². The lowest BCUT2D eigenvalue weighted by molar-refractivity contribution is 0.0992. The maximum absolute atomic E-state index is 13.0. The molecule has 0 aliphatic carbocycles. The molecule has 0 aliphatic rings. The van der Waals surface area contributed by atoms with Crippen molar-refractivity contribution in [3.8, 4) is 0 Å². The summed E-state index contributed by atoms with van der Waals surface area (Å²) in [6, 6.07) is 10.3. The van der Waals surface area contributed by atoms with E-state index >= 15 is 0 Å². The quantitative estimate of drug-likeness (QED) is 0.753. The SMILES string of the molecule is Cc1cc(F)ccc1CC(=O)c1cccc(C)c1C. The van der Waals surface area contributed by atoms with E-state index in [-0.39, 0.29) is 11.6 Å². The molecule has 98 valence electrons. The Morgan fingerprint density at radius 1 is 1.05 bits per heavy atom. The molecule has 2 aromatic rings. The number of ketones is 1. The molecule has 0 aromatic heterocycles. The van der Waals surface area contributed by atoms with E-state index in [0.29, 0.717) is 6.42 Å². The van der Waals surface area contributed by atoms with Gasteiger partial charge in [-0.1, -0.05) is 24.3 Å². The van der Waals surface area contributed by atoms with Gasteiger partial charge in [-0.15, -0.1) is 0 Å². The summed E-state index contributed by atoms with van der Waals surface area (Å²) in [6.45, 7) is 5.78. The summed E-state index contributed by atoms with van der Waals surface area (Å²) in [5, 5.41) is 0. The van der Waals surface area contributed by atoms with Crippen LogP contribution in [0.4, 0.5) is 4.39 Å². The maximum atomic E-state index is 13.0. The van der Waals surface area contributed by atoms with E-state index in [1.165, 1.54) is 12.1 Å². The first kappa shape index (κ1) is 13.5. The van der Waals surface area contributed by atoms with E-state index in [2.05, 4.69) is 0 Å². The summed E-state index contributed by atoms with van der Waals surface area (Å²) >= 11 is 0. The van der Waals surface area contributed by atoms with Crippen molar-refractivity contribution in [3.05, 3.63) is 70.0 Å². The van der Waals surface area contributed by atoms with Crippen LogP contribution in [0.3, 0.4) is 0 Å². The first-order valence-corrected chi connectivity index (χ1v) is 6.33. The maximum Gasteiger partial charge on any atom is 0.167 e. The van der Waals surface area contributed by atoms with Crippen LogP contribution in [0.1, 0.15) is 32.6 Å². The van der Waals surface area contributed by atoms with Crippen molar-refractivity contribution in [2.75, 3.05) is 0 Å². The minimum atomic E-state index is -0.263. The molecule has 1 nitrogen and oxygen atoms in total. The molecular weight excluding hydrogens is 239 g/mol. The van der Waals surface area contributed by atoms with Gasteiger partial charge in [0.15, 0.2) is 5.78 Å². The molecule has 0 bridgehead atoms. The summed E-state index contributed by atoms with van der Waals surface area (Å²) < 4.78 is 13.0. The van der Waals surface area contributed by atoms with E-state index in [9.17, 15) is 9.18 Å². The van der Waals surface area contributed by atoms with Gasteiger partial charge in [-0.3, -0.25) is 4.79 Å². The summed E-state index contributed by atoms with van der Waals surface area (Å²) in [7, 11) is 0. The second-order valence-corrected chi connectivity index (χ2v) is 4.92. The minimum absolute atomic E-state index is 0.0795. The molecule has 2 aromatic carbocycles. The summed E-state index contributed by atoms with van der Waals surface area (Å²) in [6.07, 6.45) is 0.316. The number of aryl methyl sites for hydroxylation is 2. The van der Waals surface area contributed by atoms with Gasteiger partial charge in [0.2, 0.25) is 0 Å². The fourth-order valence-electron chi connectivity index (χ4n) is 2.18. The second kappa shape index (κ2) is 5.35. The van der Waals surface area contributed by atoms with E-state index < -0.39 is 0 Å². The van der Waals surface area contributed by atoms with Crippen LogP contribution in [-0.4, -0.2) is 5.78 Å². The van der Waals surface area contributed by atoms with Crippen LogP contribution in [0.5, 0.6) is 0 Å². The molecule has 0 aliphatic heterocycles. The van der Waals surface area contributed by atoms with E-state index in [0.717, 1.165) is 27.8 Å². The third-order valence-electron chi connectivity index (χ3n) is 3.56. The van der Waals surface area contributed by atoms with E-state index in [1.807, 2.05) is 39.0 Å². The minimum Gasteiger partial charge on any atom is -0.294 e. The van der Waals surface area contributed by atoms with Gasteiger partial charge in [0.1, 0.15) is 5.82 Å². The van der Waals surface area contributed by atoms with Gasteiger partial charge in [-0.05, 0) is 55.2 Å². The Labute approximate surface area is 113 Å². The van der Waals surface area contributed by atoms with Crippen molar-refractivity contribution < 1.29 is 9.18 Å². The molecule has 0 atom stereocenters. The van der Waals surface area contributed by atoms with Crippen molar-refractivity contribution >= 4 is 5.78 Å². The predicted molar refractivity (Wildman–Crippen MR) is 75.1 cm³/mol. The lowest BCUT2D eigenvalue weighted by Crippen LogP contribution is -2.07. The Hall–Kier alpha value is -1.96. The van der Waals surface area contributed by atoms with Crippen LogP contribution in [0.25, 0.3) is 0 Å². The number of benzene rings is 2. The smallest absolute Gasteiger partial charge is 0.167 e. The fourth-order valence-corrected chi connectivity index (χ4v) is 2.18. The topological polar surface area (TPSA) is 17.1 Å². The van der Waals surface area contributed by atoms with Gasteiger partial charge >= 0.3 is 0 Å². The highest BCUT2D eigenvalue weighted by Crippen LogP contribution is 2.17. The lowest BCUT2D eigenvalue weighted by Gasteiger charge is -2.09. The standard InChI is InChI=1S/C17H17FO/c1-11-5-4-6-16(13(11)3)17(19)10-14-7-8-15(18)9-12(14)2/h4-9H,10H2,1-3H3. The molecule has 0 amide bonds. The Kier molecular flexibility index (Phi) is 3.79. The van der Waals surface area contributed by atoms with Gasteiger partial charge in [0, 0.05) is 12.0 Å². The van der Waals surface area contributed by atoms with Crippen LogP contribution in [0.2, 0.25) is 0 Å². The predicted octanol–water partition coefficient (Wildman–Crippen LogP) is 4.18. The number of halogens is 1. The van der Waals surface area contributed by atoms with Crippen LogP contribution in [0, 0.1) is 26.6 Å². The average molecular weight is 256 g/mol. The molecule has 0 heterocycles. The van der Waals surface area contributed by atoms with Crippen molar-refractivity contribution in [2.45, 2.75) is 27.2 Å². The normalized spacial score (nSPS) is 10.5. The summed E-state index contributed by atoms with van der Waals surface area (Å²) in [5.74, 6) is -0.184. The molecule has 2 heteroatoms. The Morgan fingerprint density at radius 3 is 2.47 bits per heavy atom. The van der Waals surface area contributed by atoms with E-state index in [4.69, 9.17) is 0 Å². The van der Waals surface area contributed by atoms with Crippen LogP contribution >= 0.6 is 0 Å². The fraction of sp³-hybridized carbons (Fsp3) is 0.235. The molecule has 0 saturated carbocycles. The zero-order valence-corrected chi connectivity index (χ0v) is 11.5. The first-order valence-electron chi connectivity index (χ1n) is 6.33. The molecule has 0 radical (unpaired) electrons. The average Bonchev–Trinajstić information content (AvgIpc) is 2.36. The van der Waals surface area contributed by atoms with E-state index in [1.54, 1.807) is 6.07 Å². The van der Waals surface area contributed by atoms with Crippen molar-refractivity contribution in [1.29, 1.82) is 0 Å². The molecular formula is C17H17FO. The number of carbonyl (C=O) groups is 1. The Morgan fingerprint density at radius 2 is 1.79 bits per heavy atom. The van der Waals surface area contributed by atoms with Crippen LogP contribution in [0.15, 0.2) is 36.4 Å². The molecule has 0 spiro atoms. The number of hydrogen-bond acceptors (Lipinski definition) is 1. The molecule has 19 heavy (non-hydrogen) atoms. The second-order valence-electron chi connectivity index (χ2n) is 4.92. The zero-order chi connectivity index (χ0) is 14.0.